The van der Waals surface area contributed by atoms with E-state index in [9.17, 15) is 14.7 Å². The monoisotopic (exact) mass is 721 g/mol. The van der Waals surface area contributed by atoms with Gasteiger partial charge in [0.15, 0.2) is 11.4 Å². The minimum atomic E-state index is -2.52. The lowest BCUT2D eigenvalue weighted by Crippen LogP contribution is -2.52. The molecule has 0 radical (unpaired) electrons. The van der Waals surface area contributed by atoms with Crippen LogP contribution in [0.2, 0.25) is 18.6 Å². The van der Waals surface area contributed by atoms with Crippen LogP contribution in [0.3, 0.4) is 0 Å². The van der Waals surface area contributed by atoms with Gasteiger partial charge in [0.05, 0.1) is 59.7 Å². The van der Waals surface area contributed by atoms with Crippen LogP contribution in [0.5, 0.6) is 11.5 Å². The third kappa shape index (κ3) is 5.84. The molecule has 3 aliphatic heterocycles. The standard InChI is InChI=1S/C41H47N3O7Si/c1-27-38(52(4,5)32-18-16-31(49-2)17-19-32)36(24-37(46)42-21-9-13-30(42)26-45)51-41(27)33-23-29(43-22-10-14-35(50-3)39(43)47)15-20-34(33)44(40(41)48)25-28-11-7-6-8-12-28/h6-8,10-12,14-20,22-23,27,30,36,38,45H,9,13,21,24-26H2,1-5H3/t27-,30+,36+,38-,41+/m1/s1. The number of aliphatic hydroxyl groups is 1. The highest BCUT2D eigenvalue weighted by molar-refractivity contribution is 6.91. The normalized spacial score (nSPS) is 24.1. The summed E-state index contributed by atoms with van der Waals surface area (Å²) in [6.07, 6.45) is 2.80. The molecule has 3 aromatic carbocycles. The number of rotatable bonds is 10. The van der Waals surface area contributed by atoms with Crippen LogP contribution in [-0.4, -0.2) is 74.0 Å². The number of amides is 2. The number of pyridine rings is 1. The number of nitrogens with zero attached hydrogens (tertiary/aromatic N) is 3. The number of fused-ring (bicyclic) bond motifs is 2. The van der Waals surface area contributed by atoms with E-state index in [2.05, 4.69) is 32.2 Å². The maximum absolute atomic E-state index is 15.3. The molecule has 0 saturated carbocycles. The van der Waals surface area contributed by atoms with Crippen molar-refractivity contribution in [2.24, 2.45) is 5.92 Å². The summed E-state index contributed by atoms with van der Waals surface area (Å²) >= 11 is 0. The number of carbonyl (C=O) groups is 2. The Kier molecular flexibility index (Phi) is 9.62. The molecule has 2 saturated heterocycles. The van der Waals surface area contributed by atoms with Crippen LogP contribution in [0, 0.1) is 5.92 Å². The number of aromatic nitrogens is 1. The first-order valence-corrected chi connectivity index (χ1v) is 21.1. The second kappa shape index (κ2) is 14.0. The Morgan fingerprint density at radius 1 is 0.981 bits per heavy atom. The minimum absolute atomic E-state index is 0.0705. The Hall–Kier alpha value is -4.71. The molecule has 10 nitrogen and oxygen atoms in total. The first kappa shape index (κ1) is 35.7. The molecule has 7 rings (SSSR count). The number of methoxy groups -OCH3 is 2. The lowest BCUT2D eigenvalue weighted by atomic mass is 9.82. The van der Waals surface area contributed by atoms with E-state index in [-0.39, 0.29) is 53.7 Å². The fraction of sp³-hybridized carbons (Fsp3) is 0.390. The van der Waals surface area contributed by atoms with Crippen molar-refractivity contribution in [1.29, 1.82) is 0 Å². The molecule has 2 amide bonds. The molecule has 4 aromatic rings. The molecule has 0 bridgehead atoms. The van der Waals surface area contributed by atoms with Crippen molar-refractivity contribution in [3.05, 3.63) is 113 Å². The highest BCUT2D eigenvalue weighted by atomic mass is 28.3. The quantitative estimate of drug-likeness (QED) is 0.230. The Balaban J connectivity index is 1.39. The van der Waals surface area contributed by atoms with Crippen LogP contribution in [0.4, 0.5) is 5.69 Å². The third-order valence-electron chi connectivity index (χ3n) is 11.7. The van der Waals surface area contributed by atoms with Gasteiger partial charge in [0.25, 0.3) is 11.5 Å². The van der Waals surface area contributed by atoms with Gasteiger partial charge in [0.2, 0.25) is 5.91 Å². The summed E-state index contributed by atoms with van der Waals surface area (Å²) in [5.74, 6) is 0.375. The maximum Gasteiger partial charge on any atom is 0.297 e. The minimum Gasteiger partial charge on any atom is -0.497 e. The Morgan fingerprint density at radius 3 is 2.42 bits per heavy atom. The number of likely N-dealkylation sites (tertiary alicyclic amines) is 1. The zero-order valence-corrected chi connectivity index (χ0v) is 31.5. The smallest absolute Gasteiger partial charge is 0.297 e. The molecular formula is C41H47N3O7Si. The number of hydrogen-bond acceptors (Lipinski definition) is 7. The molecule has 0 aliphatic carbocycles. The van der Waals surface area contributed by atoms with Crippen molar-refractivity contribution >= 4 is 30.8 Å². The zero-order valence-electron chi connectivity index (χ0n) is 30.5. The molecule has 11 heteroatoms. The summed E-state index contributed by atoms with van der Waals surface area (Å²) in [5.41, 5.74) is 1.06. The molecule has 52 heavy (non-hydrogen) atoms. The van der Waals surface area contributed by atoms with E-state index in [4.69, 9.17) is 14.2 Å². The van der Waals surface area contributed by atoms with Gasteiger partial charge in [-0.2, -0.15) is 0 Å². The molecular weight excluding hydrogens is 675 g/mol. The van der Waals surface area contributed by atoms with Crippen LogP contribution in [0.1, 0.15) is 37.3 Å². The lowest BCUT2D eigenvalue weighted by molar-refractivity contribution is -0.150. The van der Waals surface area contributed by atoms with E-state index >= 15 is 4.79 Å². The Bertz CT molecular complexity index is 2020. The number of carbonyl (C=O) groups excluding carboxylic acids is 2. The predicted octanol–water partition coefficient (Wildman–Crippen LogP) is 4.99. The molecule has 4 heterocycles. The highest BCUT2D eigenvalue weighted by Gasteiger charge is 2.66. The number of anilines is 1. The van der Waals surface area contributed by atoms with Crippen LogP contribution < -0.4 is 25.1 Å². The summed E-state index contributed by atoms with van der Waals surface area (Å²) in [7, 11) is 0.589. The van der Waals surface area contributed by atoms with Crippen molar-refractivity contribution in [1.82, 2.24) is 9.47 Å². The Labute approximate surface area is 305 Å². The van der Waals surface area contributed by atoms with Crippen molar-refractivity contribution in [3.8, 4) is 17.2 Å². The van der Waals surface area contributed by atoms with Gasteiger partial charge in [-0.1, -0.05) is 67.7 Å². The molecule has 1 spiro atoms. The SMILES string of the molecule is COc1ccc([Si](C)(C)[C@H]2[C@H](CC(=O)N3CCC[C@H]3CO)O[C@@]3(C(=O)N(Cc4ccccc4)c4ccc(-n5cccc(OC)c5=O)cc43)[C@@H]2C)cc1. The van der Waals surface area contributed by atoms with Gasteiger partial charge in [-0.3, -0.25) is 19.0 Å². The van der Waals surface area contributed by atoms with Crippen LogP contribution in [0.15, 0.2) is 95.9 Å². The summed E-state index contributed by atoms with van der Waals surface area (Å²) in [4.78, 5) is 46.4. The van der Waals surface area contributed by atoms with E-state index in [1.54, 1.807) is 35.2 Å². The average Bonchev–Trinajstić information content (AvgIpc) is 3.82. The fourth-order valence-electron chi connectivity index (χ4n) is 9.05. The lowest BCUT2D eigenvalue weighted by Gasteiger charge is -2.37. The van der Waals surface area contributed by atoms with Gasteiger partial charge < -0.3 is 29.1 Å². The summed E-state index contributed by atoms with van der Waals surface area (Å²) < 4.78 is 19.6. The summed E-state index contributed by atoms with van der Waals surface area (Å²) in [6.45, 7) is 7.51. The topological polar surface area (TPSA) is 111 Å². The molecule has 2 fully saturated rings. The summed E-state index contributed by atoms with van der Waals surface area (Å²) in [5, 5.41) is 11.3. The van der Waals surface area contributed by atoms with E-state index in [1.807, 2.05) is 60.7 Å². The highest BCUT2D eigenvalue weighted by Crippen LogP contribution is 2.60. The summed E-state index contributed by atoms with van der Waals surface area (Å²) in [6, 6.07) is 26.8. The third-order valence-corrected chi connectivity index (χ3v) is 16.1. The fourth-order valence-corrected chi connectivity index (χ4v) is 13.1. The first-order valence-electron chi connectivity index (χ1n) is 18.0. The molecule has 5 atom stereocenters. The number of benzene rings is 3. The van der Waals surface area contributed by atoms with Gasteiger partial charge in [-0.25, -0.2) is 0 Å². The van der Waals surface area contributed by atoms with Crippen molar-refractivity contribution in [2.75, 3.05) is 32.3 Å². The van der Waals surface area contributed by atoms with E-state index < -0.39 is 19.8 Å². The molecule has 3 aliphatic rings. The van der Waals surface area contributed by atoms with Gasteiger partial charge in [-0.15, -0.1) is 0 Å². The van der Waals surface area contributed by atoms with Crippen molar-refractivity contribution in [3.63, 3.8) is 0 Å². The second-order valence-electron chi connectivity index (χ2n) is 14.8. The Morgan fingerprint density at radius 2 is 1.73 bits per heavy atom. The largest absolute Gasteiger partial charge is 0.497 e. The number of ether oxygens (including phenoxy) is 3. The van der Waals surface area contributed by atoms with Gasteiger partial charge >= 0.3 is 0 Å². The first-order chi connectivity index (χ1) is 25.0. The zero-order chi connectivity index (χ0) is 36.8. The van der Waals surface area contributed by atoms with Crippen LogP contribution in [0.25, 0.3) is 5.69 Å². The average molecular weight is 722 g/mol. The van der Waals surface area contributed by atoms with Gasteiger partial charge in [0, 0.05) is 29.9 Å². The second-order valence-corrected chi connectivity index (χ2v) is 19.4. The predicted molar refractivity (Wildman–Crippen MR) is 202 cm³/mol. The number of hydrogen-bond donors (Lipinski definition) is 1. The van der Waals surface area contributed by atoms with Crippen LogP contribution in [-0.2, 0) is 26.5 Å². The van der Waals surface area contributed by atoms with Crippen LogP contribution >= 0.6 is 0 Å². The van der Waals surface area contributed by atoms with Crippen molar-refractivity contribution < 1.29 is 28.9 Å². The van der Waals surface area contributed by atoms with E-state index in [0.717, 1.165) is 29.8 Å². The van der Waals surface area contributed by atoms with E-state index in [1.165, 1.54) is 16.9 Å². The van der Waals surface area contributed by atoms with Crippen molar-refractivity contribution in [2.45, 2.75) is 69.1 Å². The molecule has 1 N–H and O–H groups in total. The van der Waals surface area contributed by atoms with E-state index in [0.29, 0.717) is 24.3 Å². The van der Waals surface area contributed by atoms with Gasteiger partial charge in [-0.05, 0) is 66.4 Å². The van der Waals surface area contributed by atoms with Gasteiger partial charge in [0.1, 0.15) is 5.75 Å². The molecule has 272 valence electrons. The molecule has 0 unspecified atom stereocenters. The number of aliphatic hydroxyl groups excluding tert-OH is 1. The molecule has 1 aromatic heterocycles. The maximum atomic E-state index is 15.3.